The molecular formula is C23H24N4O3S. The fourth-order valence-electron chi connectivity index (χ4n) is 4.05. The third kappa shape index (κ3) is 4.70. The largest absolute Gasteiger partial charge is 0.490 e. The van der Waals surface area contributed by atoms with Gasteiger partial charge in [0.25, 0.3) is 0 Å². The maximum absolute atomic E-state index is 10.8. The maximum atomic E-state index is 10.8. The van der Waals surface area contributed by atoms with E-state index in [9.17, 15) is 4.79 Å². The zero-order valence-electron chi connectivity index (χ0n) is 17.0. The number of aromatic amines is 1. The molecule has 3 heterocycles. The molecule has 3 N–H and O–H groups in total. The van der Waals surface area contributed by atoms with Gasteiger partial charge < -0.3 is 20.1 Å². The van der Waals surface area contributed by atoms with Crippen molar-refractivity contribution < 1.29 is 14.6 Å². The number of imidazole rings is 1. The SMILES string of the molecule is O=C(O)Cc1ccc(OC2CCN(Cc3ccc4c(c3)Nc3[nH]cnc3S4)CC2)cc1. The van der Waals surface area contributed by atoms with Gasteiger partial charge in [-0.25, -0.2) is 4.98 Å². The second kappa shape index (κ2) is 8.64. The highest BCUT2D eigenvalue weighted by Gasteiger charge is 2.22. The minimum atomic E-state index is -0.819. The minimum absolute atomic E-state index is 0.0403. The molecule has 5 rings (SSSR count). The number of rotatable bonds is 6. The van der Waals surface area contributed by atoms with Crippen LogP contribution in [0.4, 0.5) is 11.5 Å². The predicted octanol–water partition coefficient (Wildman–Crippen LogP) is 4.29. The summed E-state index contributed by atoms with van der Waals surface area (Å²) >= 11 is 1.68. The maximum Gasteiger partial charge on any atom is 0.307 e. The van der Waals surface area contributed by atoms with Crippen LogP contribution in [0, 0.1) is 0 Å². The summed E-state index contributed by atoms with van der Waals surface area (Å²) in [5.74, 6) is 0.952. The molecule has 3 aromatic rings. The molecule has 0 unspecified atom stereocenters. The standard InChI is InChI=1S/C23H24N4O3S/c28-21(29)12-15-1-4-17(5-2-15)30-18-7-9-27(10-8-18)13-16-3-6-20-19(11-16)26-22-23(31-20)25-14-24-22/h1-6,11,14,18,26H,7-10,12-13H2,(H,24,25)(H,28,29). The molecule has 1 aromatic heterocycles. The summed E-state index contributed by atoms with van der Waals surface area (Å²) in [5, 5.41) is 13.3. The van der Waals surface area contributed by atoms with Crippen LogP contribution in [-0.4, -0.2) is 45.1 Å². The third-order valence-corrected chi connectivity index (χ3v) is 6.72. The summed E-state index contributed by atoms with van der Waals surface area (Å²) in [4.78, 5) is 21.9. The van der Waals surface area contributed by atoms with Crippen molar-refractivity contribution in [1.82, 2.24) is 14.9 Å². The molecule has 0 amide bonds. The Morgan fingerprint density at radius 1 is 1.16 bits per heavy atom. The van der Waals surface area contributed by atoms with E-state index in [0.717, 1.165) is 60.3 Å². The topological polar surface area (TPSA) is 90.5 Å². The van der Waals surface area contributed by atoms with Crippen LogP contribution < -0.4 is 10.1 Å². The Hall–Kier alpha value is -2.97. The van der Waals surface area contributed by atoms with Gasteiger partial charge >= 0.3 is 5.97 Å². The number of carboxylic acids is 1. The highest BCUT2D eigenvalue weighted by atomic mass is 32.2. The van der Waals surface area contributed by atoms with Crippen molar-refractivity contribution >= 4 is 29.2 Å². The summed E-state index contributed by atoms with van der Waals surface area (Å²) < 4.78 is 6.12. The Morgan fingerprint density at radius 2 is 1.94 bits per heavy atom. The molecular weight excluding hydrogens is 412 g/mol. The molecule has 7 nitrogen and oxygen atoms in total. The molecule has 0 atom stereocenters. The molecule has 0 bridgehead atoms. The van der Waals surface area contributed by atoms with E-state index in [1.165, 1.54) is 10.5 Å². The van der Waals surface area contributed by atoms with Gasteiger partial charge in [0.2, 0.25) is 0 Å². The molecule has 0 radical (unpaired) electrons. The predicted molar refractivity (Wildman–Crippen MR) is 119 cm³/mol. The van der Waals surface area contributed by atoms with E-state index < -0.39 is 5.97 Å². The molecule has 0 aliphatic carbocycles. The van der Waals surface area contributed by atoms with Crippen LogP contribution in [0.3, 0.4) is 0 Å². The van der Waals surface area contributed by atoms with Gasteiger partial charge in [0.1, 0.15) is 22.7 Å². The van der Waals surface area contributed by atoms with E-state index >= 15 is 0 Å². The van der Waals surface area contributed by atoms with Crippen molar-refractivity contribution in [3.05, 3.63) is 59.9 Å². The number of piperidine rings is 1. The first kappa shape index (κ1) is 20.0. The average molecular weight is 437 g/mol. The Balaban J connectivity index is 1.13. The summed E-state index contributed by atoms with van der Waals surface area (Å²) in [6, 6.07) is 14.0. The Morgan fingerprint density at radius 3 is 2.71 bits per heavy atom. The molecule has 1 saturated heterocycles. The lowest BCUT2D eigenvalue weighted by Gasteiger charge is -2.32. The van der Waals surface area contributed by atoms with Crippen molar-refractivity contribution in [2.24, 2.45) is 0 Å². The number of anilines is 2. The normalized spacial score (nSPS) is 16.3. The zero-order chi connectivity index (χ0) is 21.2. The monoisotopic (exact) mass is 436 g/mol. The lowest BCUT2D eigenvalue weighted by atomic mass is 10.1. The molecule has 2 aromatic carbocycles. The Kier molecular flexibility index (Phi) is 5.57. The van der Waals surface area contributed by atoms with Crippen LogP contribution in [0.15, 0.2) is 58.7 Å². The molecule has 2 aliphatic rings. The molecule has 2 aliphatic heterocycles. The van der Waals surface area contributed by atoms with E-state index in [0.29, 0.717) is 0 Å². The first-order valence-corrected chi connectivity index (χ1v) is 11.2. The number of fused-ring (bicyclic) bond motifs is 2. The first-order chi connectivity index (χ1) is 15.1. The summed E-state index contributed by atoms with van der Waals surface area (Å²) in [7, 11) is 0. The quantitative estimate of drug-likeness (QED) is 0.415. The minimum Gasteiger partial charge on any atom is -0.490 e. The lowest BCUT2D eigenvalue weighted by molar-refractivity contribution is -0.136. The van der Waals surface area contributed by atoms with Crippen LogP contribution in [0.1, 0.15) is 24.0 Å². The van der Waals surface area contributed by atoms with Crippen LogP contribution in [0.2, 0.25) is 0 Å². The van der Waals surface area contributed by atoms with Gasteiger partial charge in [-0.2, -0.15) is 0 Å². The third-order valence-electron chi connectivity index (χ3n) is 5.64. The van der Waals surface area contributed by atoms with Gasteiger partial charge in [-0.3, -0.25) is 9.69 Å². The number of aromatic nitrogens is 2. The molecule has 0 saturated carbocycles. The van der Waals surface area contributed by atoms with E-state index in [4.69, 9.17) is 9.84 Å². The molecule has 160 valence electrons. The summed E-state index contributed by atoms with van der Waals surface area (Å²) in [6.07, 6.45) is 3.91. The molecule has 1 fully saturated rings. The molecule has 8 heteroatoms. The van der Waals surface area contributed by atoms with Crippen LogP contribution in [-0.2, 0) is 17.8 Å². The van der Waals surface area contributed by atoms with Gasteiger partial charge in [0.15, 0.2) is 0 Å². The fraction of sp³-hybridized carbons (Fsp3) is 0.304. The number of ether oxygens (including phenoxy) is 1. The first-order valence-electron chi connectivity index (χ1n) is 10.4. The van der Waals surface area contributed by atoms with Crippen LogP contribution in [0.25, 0.3) is 0 Å². The average Bonchev–Trinajstić information content (AvgIpc) is 3.22. The number of benzene rings is 2. The number of H-pyrrole nitrogens is 1. The number of hydrogen-bond acceptors (Lipinski definition) is 6. The van der Waals surface area contributed by atoms with Crippen molar-refractivity contribution in [2.75, 3.05) is 18.4 Å². The van der Waals surface area contributed by atoms with E-state index in [1.54, 1.807) is 18.1 Å². The van der Waals surface area contributed by atoms with E-state index in [1.807, 2.05) is 24.3 Å². The van der Waals surface area contributed by atoms with Crippen LogP contribution in [0.5, 0.6) is 5.75 Å². The number of hydrogen-bond donors (Lipinski definition) is 3. The number of nitrogens with zero attached hydrogens (tertiary/aromatic N) is 2. The lowest BCUT2D eigenvalue weighted by Crippen LogP contribution is -2.37. The number of carbonyl (C=O) groups is 1. The summed E-state index contributed by atoms with van der Waals surface area (Å²) in [6.45, 7) is 2.91. The Bertz CT molecular complexity index is 1070. The van der Waals surface area contributed by atoms with Gasteiger partial charge in [-0.1, -0.05) is 30.0 Å². The van der Waals surface area contributed by atoms with E-state index in [2.05, 4.69) is 38.4 Å². The summed E-state index contributed by atoms with van der Waals surface area (Å²) in [5.41, 5.74) is 3.21. The highest BCUT2D eigenvalue weighted by Crippen LogP contribution is 2.42. The number of carboxylic acid groups (broad SMARTS) is 1. The Labute approximate surface area is 184 Å². The molecule has 31 heavy (non-hydrogen) atoms. The van der Waals surface area contributed by atoms with Gasteiger partial charge in [0.05, 0.1) is 18.4 Å². The second-order valence-electron chi connectivity index (χ2n) is 7.95. The van der Waals surface area contributed by atoms with Gasteiger partial charge in [-0.05, 0) is 48.2 Å². The second-order valence-corrected chi connectivity index (χ2v) is 8.98. The van der Waals surface area contributed by atoms with E-state index in [-0.39, 0.29) is 12.5 Å². The van der Waals surface area contributed by atoms with Gasteiger partial charge in [0, 0.05) is 24.5 Å². The zero-order valence-corrected chi connectivity index (χ0v) is 17.8. The van der Waals surface area contributed by atoms with Crippen molar-refractivity contribution in [3.8, 4) is 5.75 Å². The molecule has 0 spiro atoms. The highest BCUT2D eigenvalue weighted by molar-refractivity contribution is 7.99. The van der Waals surface area contributed by atoms with Crippen molar-refractivity contribution in [3.63, 3.8) is 0 Å². The van der Waals surface area contributed by atoms with Crippen molar-refractivity contribution in [2.45, 2.75) is 41.8 Å². The number of likely N-dealkylation sites (tertiary alicyclic amines) is 1. The van der Waals surface area contributed by atoms with Crippen molar-refractivity contribution in [1.29, 1.82) is 0 Å². The van der Waals surface area contributed by atoms with Crippen LogP contribution >= 0.6 is 11.8 Å². The number of aliphatic carboxylic acids is 1. The fourth-order valence-corrected chi connectivity index (χ4v) is 4.93. The van der Waals surface area contributed by atoms with Gasteiger partial charge in [-0.15, -0.1) is 0 Å². The smallest absolute Gasteiger partial charge is 0.307 e. The number of nitrogens with one attached hydrogen (secondary N) is 2.